The lowest BCUT2D eigenvalue weighted by Gasteiger charge is -2.01. The lowest BCUT2D eigenvalue weighted by molar-refractivity contribution is -0.121. The van der Waals surface area contributed by atoms with Crippen LogP contribution in [-0.2, 0) is 17.8 Å². The van der Waals surface area contributed by atoms with Crippen molar-refractivity contribution in [3.8, 4) is 22.6 Å². The highest BCUT2D eigenvalue weighted by Crippen LogP contribution is 2.21. The predicted octanol–water partition coefficient (Wildman–Crippen LogP) is 3.95. The standard InChI is InChI=1S/C21H18FN5O2S/c1-13-10-15(2-3-16(13)22)21-26-19(29-27-21)5-4-18(28)24-11-20-25-17(12-30-20)14-6-8-23-9-7-14/h2-3,6-10,12H,4-5,11H2,1H3,(H,24,28). The number of thiazole rings is 1. The predicted molar refractivity (Wildman–Crippen MR) is 110 cm³/mol. The minimum Gasteiger partial charge on any atom is -0.350 e. The first-order chi connectivity index (χ1) is 14.6. The van der Waals surface area contributed by atoms with Crippen molar-refractivity contribution in [2.75, 3.05) is 0 Å². The van der Waals surface area contributed by atoms with Crippen LogP contribution in [0.25, 0.3) is 22.6 Å². The summed E-state index contributed by atoms with van der Waals surface area (Å²) in [6.45, 7) is 2.03. The van der Waals surface area contributed by atoms with Gasteiger partial charge in [-0.2, -0.15) is 4.98 Å². The van der Waals surface area contributed by atoms with Gasteiger partial charge in [0.05, 0.1) is 12.2 Å². The molecule has 1 N–H and O–H groups in total. The number of hydrogen-bond acceptors (Lipinski definition) is 7. The number of hydrogen-bond donors (Lipinski definition) is 1. The Balaban J connectivity index is 1.28. The van der Waals surface area contributed by atoms with Crippen molar-refractivity contribution < 1.29 is 13.7 Å². The topological polar surface area (TPSA) is 93.8 Å². The maximum absolute atomic E-state index is 13.4. The Kier molecular flexibility index (Phi) is 5.89. The Bertz CT molecular complexity index is 1160. The van der Waals surface area contributed by atoms with E-state index in [4.69, 9.17) is 4.52 Å². The van der Waals surface area contributed by atoms with Gasteiger partial charge < -0.3 is 9.84 Å². The molecule has 0 saturated heterocycles. The fraction of sp³-hybridized carbons (Fsp3) is 0.190. The van der Waals surface area contributed by atoms with E-state index in [1.54, 1.807) is 31.5 Å². The van der Waals surface area contributed by atoms with Crippen LogP contribution >= 0.6 is 11.3 Å². The number of carbonyl (C=O) groups is 1. The summed E-state index contributed by atoms with van der Waals surface area (Å²) in [6, 6.07) is 8.41. The molecule has 152 valence electrons. The minimum atomic E-state index is -0.285. The van der Waals surface area contributed by atoms with Crippen molar-refractivity contribution >= 4 is 17.2 Å². The average Bonchev–Trinajstić information content (AvgIpc) is 3.43. The Morgan fingerprint density at radius 2 is 2.00 bits per heavy atom. The first kappa shape index (κ1) is 19.8. The van der Waals surface area contributed by atoms with Gasteiger partial charge in [-0.25, -0.2) is 9.37 Å². The third-order valence-electron chi connectivity index (χ3n) is 4.41. The summed E-state index contributed by atoms with van der Waals surface area (Å²) >= 11 is 1.49. The number of nitrogens with one attached hydrogen (secondary N) is 1. The molecule has 9 heteroatoms. The maximum Gasteiger partial charge on any atom is 0.227 e. The Morgan fingerprint density at radius 3 is 2.80 bits per heavy atom. The van der Waals surface area contributed by atoms with Crippen LogP contribution in [0.15, 0.2) is 52.6 Å². The van der Waals surface area contributed by atoms with Crippen LogP contribution in [0.3, 0.4) is 0 Å². The van der Waals surface area contributed by atoms with E-state index in [2.05, 4.69) is 25.4 Å². The summed E-state index contributed by atoms with van der Waals surface area (Å²) < 4.78 is 18.6. The highest BCUT2D eigenvalue weighted by molar-refractivity contribution is 7.09. The van der Waals surface area contributed by atoms with Gasteiger partial charge in [0.2, 0.25) is 17.6 Å². The van der Waals surface area contributed by atoms with Crippen LogP contribution in [0, 0.1) is 12.7 Å². The fourth-order valence-electron chi connectivity index (χ4n) is 2.79. The van der Waals surface area contributed by atoms with Crippen molar-refractivity contribution in [2.45, 2.75) is 26.3 Å². The van der Waals surface area contributed by atoms with E-state index in [0.717, 1.165) is 16.3 Å². The molecule has 0 aliphatic carbocycles. The van der Waals surface area contributed by atoms with Crippen molar-refractivity contribution in [1.29, 1.82) is 0 Å². The molecule has 0 atom stereocenters. The van der Waals surface area contributed by atoms with Gasteiger partial charge in [-0.1, -0.05) is 5.16 Å². The minimum absolute atomic E-state index is 0.131. The molecule has 4 aromatic rings. The second-order valence-electron chi connectivity index (χ2n) is 6.61. The highest BCUT2D eigenvalue weighted by Gasteiger charge is 2.12. The van der Waals surface area contributed by atoms with Crippen LogP contribution in [-0.4, -0.2) is 26.0 Å². The molecule has 30 heavy (non-hydrogen) atoms. The molecule has 0 unspecified atom stereocenters. The van der Waals surface area contributed by atoms with E-state index in [0.29, 0.717) is 35.8 Å². The second-order valence-corrected chi connectivity index (χ2v) is 7.56. The van der Waals surface area contributed by atoms with Crippen LogP contribution in [0.1, 0.15) is 22.9 Å². The number of carbonyl (C=O) groups excluding carboxylic acids is 1. The summed E-state index contributed by atoms with van der Waals surface area (Å²) in [5.74, 6) is 0.316. The smallest absolute Gasteiger partial charge is 0.227 e. The monoisotopic (exact) mass is 423 g/mol. The first-order valence-electron chi connectivity index (χ1n) is 9.29. The van der Waals surface area contributed by atoms with Gasteiger partial charge in [-0.3, -0.25) is 9.78 Å². The number of benzene rings is 1. The number of aromatic nitrogens is 4. The number of nitrogens with zero attached hydrogens (tertiary/aromatic N) is 4. The lowest BCUT2D eigenvalue weighted by atomic mass is 10.1. The fourth-order valence-corrected chi connectivity index (χ4v) is 3.53. The Hall–Kier alpha value is -3.46. The molecular formula is C21H18FN5O2S. The average molecular weight is 423 g/mol. The normalized spacial score (nSPS) is 10.9. The van der Waals surface area contributed by atoms with E-state index in [1.165, 1.54) is 17.4 Å². The van der Waals surface area contributed by atoms with Gasteiger partial charge in [0, 0.05) is 41.7 Å². The molecular weight excluding hydrogens is 405 g/mol. The number of rotatable bonds is 7. The van der Waals surface area contributed by atoms with E-state index in [1.807, 2.05) is 17.5 Å². The van der Waals surface area contributed by atoms with Gasteiger partial charge in [-0.15, -0.1) is 11.3 Å². The molecule has 3 aromatic heterocycles. The molecule has 0 aliphatic heterocycles. The zero-order valence-corrected chi connectivity index (χ0v) is 16.9. The van der Waals surface area contributed by atoms with Crippen LogP contribution < -0.4 is 5.32 Å². The summed E-state index contributed by atoms with van der Waals surface area (Å²) in [7, 11) is 0. The van der Waals surface area contributed by atoms with E-state index in [-0.39, 0.29) is 18.1 Å². The van der Waals surface area contributed by atoms with Crippen molar-refractivity contribution in [1.82, 2.24) is 25.4 Å². The summed E-state index contributed by atoms with van der Waals surface area (Å²) in [5.41, 5.74) is 3.03. The zero-order chi connectivity index (χ0) is 20.9. The number of amides is 1. The van der Waals surface area contributed by atoms with Gasteiger partial charge in [0.1, 0.15) is 10.8 Å². The highest BCUT2D eigenvalue weighted by atomic mass is 32.1. The molecule has 0 radical (unpaired) electrons. The van der Waals surface area contributed by atoms with Crippen LogP contribution in [0.4, 0.5) is 4.39 Å². The van der Waals surface area contributed by atoms with Crippen LogP contribution in [0.5, 0.6) is 0 Å². The van der Waals surface area contributed by atoms with Gasteiger partial charge >= 0.3 is 0 Å². The number of aryl methyl sites for hydroxylation is 2. The summed E-state index contributed by atoms with van der Waals surface area (Å²) in [4.78, 5) is 25.0. The number of pyridine rings is 1. The Labute approximate surface area is 176 Å². The second kappa shape index (κ2) is 8.91. The zero-order valence-electron chi connectivity index (χ0n) is 16.1. The summed E-state index contributed by atoms with van der Waals surface area (Å²) in [6.07, 6.45) is 3.97. The lowest BCUT2D eigenvalue weighted by Crippen LogP contribution is -2.22. The van der Waals surface area contributed by atoms with Crippen LogP contribution in [0.2, 0.25) is 0 Å². The first-order valence-corrected chi connectivity index (χ1v) is 10.2. The third-order valence-corrected chi connectivity index (χ3v) is 5.26. The van der Waals surface area contributed by atoms with Gasteiger partial charge in [0.15, 0.2) is 0 Å². The van der Waals surface area contributed by atoms with E-state index in [9.17, 15) is 9.18 Å². The molecule has 0 aliphatic rings. The molecule has 3 heterocycles. The van der Waals surface area contributed by atoms with E-state index >= 15 is 0 Å². The molecule has 4 rings (SSSR count). The van der Waals surface area contributed by atoms with Gasteiger partial charge in [-0.05, 0) is 42.8 Å². The van der Waals surface area contributed by atoms with Crippen molar-refractivity contribution in [2.24, 2.45) is 0 Å². The van der Waals surface area contributed by atoms with Crippen molar-refractivity contribution in [3.63, 3.8) is 0 Å². The molecule has 0 saturated carbocycles. The molecule has 0 bridgehead atoms. The Morgan fingerprint density at radius 1 is 1.17 bits per heavy atom. The van der Waals surface area contributed by atoms with E-state index < -0.39 is 0 Å². The molecule has 1 aromatic carbocycles. The SMILES string of the molecule is Cc1cc(-c2noc(CCC(=O)NCc3nc(-c4ccncc4)cs3)n2)ccc1F. The third kappa shape index (κ3) is 4.74. The van der Waals surface area contributed by atoms with Gasteiger partial charge in [0.25, 0.3) is 0 Å². The molecule has 7 nitrogen and oxygen atoms in total. The largest absolute Gasteiger partial charge is 0.350 e. The molecule has 1 amide bonds. The van der Waals surface area contributed by atoms with Crippen molar-refractivity contribution in [3.05, 3.63) is 70.4 Å². The molecule has 0 fully saturated rings. The maximum atomic E-state index is 13.4. The number of halogens is 1. The molecule has 0 spiro atoms. The quantitative estimate of drug-likeness (QED) is 0.484. The summed E-state index contributed by atoms with van der Waals surface area (Å²) in [5, 5.41) is 9.53.